The van der Waals surface area contributed by atoms with Gasteiger partial charge in [0.25, 0.3) is 0 Å². The SMILES string of the molecule is COC(=O)c1ccc(Br)c2cnccc12. The zero-order valence-electron chi connectivity index (χ0n) is 8.03. The Kier molecular flexibility index (Phi) is 2.68. The van der Waals surface area contributed by atoms with Crippen molar-refractivity contribution in [3.05, 3.63) is 40.6 Å². The fourth-order valence-corrected chi connectivity index (χ4v) is 1.89. The monoisotopic (exact) mass is 265 g/mol. The van der Waals surface area contributed by atoms with Gasteiger partial charge in [-0.3, -0.25) is 4.98 Å². The Balaban J connectivity index is 2.77. The second-order valence-electron chi connectivity index (χ2n) is 3.01. The van der Waals surface area contributed by atoms with E-state index in [9.17, 15) is 4.79 Å². The summed E-state index contributed by atoms with van der Waals surface area (Å²) >= 11 is 3.41. The van der Waals surface area contributed by atoms with Crippen molar-refractivity contribution in [2.45, 2.75) is 0 Å². The summed E-state index contributed by atoms with van der Waals surface area (Å²) in [7, 11) is 1.37. The van der Waals surface area contributed by atoms with E-state index >= 15 is 0 Å². The van der Waals surface area contributed by atoms with Gasteiger partial charge in [-0.2, -0.15) is 0 Å². The lowest BCUT2D eigenvalue weighted by Crippen LogP contribution is -2.02. The molecule has 76 valence electrons. The van der Waals surface area contributed by atoms with Gasteiger partial charge in [0, 0.05) is 27.6 Å². The Bertz CT molecular complexity index is 525. The van der Waals surface area contributed by atoms with Crippen molar-refractivity contribution in [2.75, 3.05) is 7.11 Å². The van der Waals surface area contributed by atoms with Gasteiger partial charge < -0.3 is 4.74 Å². The van der Waals surface area contributed by atoms with Gasteiger partial charge in [-0.1, -0.05) is 15.9 Å². The Morgan fingerprint density at radius 2 is 2.13 bits per heavy atom. The van der Waals surface area contributed by atoms with E-state index in [1.807, 2.05) is 6.07 Å². The summed E-state index contributed by atoms with van der Waals surface area (Å²) in [5.74, 6) is -0.335. The molecule has 0 saturated heterocycles. The first-order chi connectivity index (χ1) is 7.24. The fourth-order valence-electron chi connectivity index (χ4n) is 1.44. The van der Waals surface area contributed by atoms with Crippen LogP contribution < -0.4 is 0 Å². The molecule has 15 heavy (non-hydrogen) atoms. The molecule has 0 aliphatic carbocycles. The molecule has 1 aromatic carbocycles. The number of pyridine rings is 1. The predicted molar refractivity (Wildman–Crippen MR) is 60.8 cm³/mol. The van der Waals surface area contributed by atoms with Gasteiger partial charge in [0.15, 0.2) is 0 Å². The number of halogens is 1. The molecule has 0 N–H and O–H groups in total. The van der Waals surface area contributed by atoms with Crippen LogP contribution in [-0.2, 0) is 4.74 Å². The molecule has 0 aliphatic rings. The third kappa shape index (κ3) is 1.72. The Hall–Kier alpha value is -1.42. The van der Waals surface area contributed by atoms with E-state index in [2.05, 4.69) is 20.9 Å². The van der Waals surface area contributed by atoms with Crippen LogP contribution in [0, 0.1) is 0 Å². The van der Waals surface area contributed by atoms with Crippen LogP contribution in [0.3, 0.4) is 0 Å². The molecule has 0 radical (unpaired) electrons. The van der Waals surface area contributed by atoms with Gasteiger partial charge in [-0.25, -0.2) is 4.79 Å². The Morgan fingerprint density at radius 3 is 2.87 bits per heavy atom. The van der Waals surface area contributed by atoms with Gasteiger partial charge in [0.2, 0.25) is 0 Å². The second kappa shape index (κ2) is 3.98. The van der Waals surface area contributed by atoms with Gasteiger partial charge in [0.05, 0.1) is 12.7 Å². The maximum absolute atomic E-state index is 11.5. The van der Waals surface area contributed by atoms with Crippen molar-refractivity contribution in [1.29, 1.82) is 0 Å². The molecule has 0 atom stereocenters. The number of rotatable bonds is 1. The quantitative estimate of drug-likeness (QED) is 0.745. The van der Waals surface area contributed by atoms with Gasteiger partial charge in [-0.15, -0.1) is 0 Å². The standard InChI is InChI=1S/C11H8BrNO2/c1-15-11(14)8-2-3-10(12)9-6-13-5-4-7(8)9/h2-6H,1H3. The summed E-state index contributed by atoms with van der Waals surface area (Å²) in [5, 5.41) is 1.74. The van der Waals surface area contributed by atoms with Crippen molar-refractivity contribution in [3.8, 4) is 0 Å². The minimum atomic E-state index is -0.335. The summed E-state index contributed by atoms with van der Waals surface area (Å²) in [6.45, 7) is 0. The fraction of sp³-hybridized carbons (Fsp3) is 0.0909. The molecule has 2 rings (SSSR count). The van der Waals surface area contributed by atoms with Crippen LogP contribution in [0.25, 0.3) is 10.8 Å². The molecule has 4 heteroatoms. The minimum absolute atomic E-state index is 0.335. The Labute approximate surface area is 95.2 Å². The number of fused-ring (bicyclic) bond motifs is 1. The minimum Gasteiger partial charge on any atom is -0.465 e. The summed E-state index contributed by atoms with van der Waals surface area (Å²) in [6, 6.07) is 5.35. The largest absolute Gasteiger partial charge is 0.465 e. The smallest absolute Gasteiger partial charge is 0.338 e. The molecular weight excluding hydrogens is 258 g/mol. The van der Waals surface area contributed by atoms with Crippen molar-refractivity contribution < 1.29 is 9.53 Å². The molecule has 0 saturated carbocycles. The van der Waals surface area contributed by atoms with E-state index in [-0.39, 0.29) is 5.97 Å². The normalized spacial score (nSPS) is 10.3. The number of aromatic nitrogens is 1. The average molecular weight is 266 g/mol. The summed E-state index contributed by atoms with van der Waals surface area (Å²) in [4.78, 5) is 15.5. The van der Waals surface area contributed by atoms with Crippen molar-refractivity contribution >= 4 is 32.7 Å². The van der Waals surface area contributed by atoms with Crippen LogP contribution in [0.5, 0.6) is 0 Å². The van der Waals surface area contributed by atoms with Crippen LogP contribution in [0.1, 0.15) is 10.4 Å². The highest BCUT2D eigenvalue weighted by Crippen LogP contribution is 2.26. The van der Waals surface area contributed by atoms with Gasteiger partial charge >= 0.3 is 5.97 Å². The van der Waals surface area contributed by atoms with Crippen LogP contribution in [0.4, 0.5) is 0 Å². The van der Waals surface area contributed by atoms with E-state index in [1.165, 1.54) is 7.11 Å². The summed E-state index contributed by atoms with van der Waals surface area (Å²) in [6.07, 6.45) is 3.37. The van der Waals surface area contributed by atoms with Gasteiger partial charge in [0.1, 0.15) is 0 Å². The number of carbonyl (C=O) groups is 1. The van der Waals surface area contributed by atoms with Crippen molar-refractivity contribution in [1.82, 2.24) is 4.98 Å². The number of methoxy groups -OCH3 is 1. The highest BCUT2D eigenvalue weighted by atomic mass is 79.9. The summed E-state index contributed by atoms with van der Waals surface area (Å²) < 4.78 is 5.62. The number of esters is 1. The highest BCUT2D eigenvalue weighted by Gasteiger charge is 2.11. The van der Waals surface area contributed by atoms with E-state index in [0.717, 1.165) is 15.2 Å². The lowest BCUT2D eigenvalue weighted by atomic mass is 10.1. The van der Waals surface area contributed by atoms with Gasteiger partial charge in [-0.05, 0) is 18.2 Å². The maximum Gasteiger partial charge on any atom is 0.338 e. The first kappa shape index (κ1) is 10.1. The molecule has 0 fully saturated rings. The number of hydrogen-bond acceptors (Lipinski definition) is 3. The first-order valence-corrected chi connectivity index (χ1v) is 5.14. The zero-order chi connectivity index (χ0) is 10.8. The maximum atomic E-state index is 11.5. The van der Waals surface area contributed by atoms with Crippen LogP contribution >= 0.6 is 15.9 Å². The number of ether oxygens (including phenoxy) is 1. The van der Waals surface area contributed by atoms with E-state index in [0.29, 0.717) is 5.56 Å². The van der Waals surface area contributed by atoms with Crippen molar-refractivity contribution in [2.24, 2.45) is 0 Å². The molecule has 0 unspecified atom stereocenters. The van der Waals surface area contributed by atoms with Crippen LogP contribution in [-0.4, -0.2) is 18.1 Å². The molecule has 0 bridgehead atoms. The second-order valence-corrected chi connectivity index (χ2v) is 3.86. The summed E-state index contributed by atoms with van der Waals surface area (Å²) in [5.41, 5.74) is 0.554. The van der Waals surface area contributed by atoms with E-state index < -0.39 is 0 Å². The number of benzene rings is 1. The number of nitrogens with zero attached hydrogens (tertiary/aromatic N) is 1. The van der Waals surface area contributed by atoms with Crippen LogP contribution in [0.2, 0.25) is 0 Å². The molecule has 3 nitrogen and oxygen atoms in total. The molecule has 2 aromatic rings. The third-order valence-electron chi connectivity index (χ3n) is 2.17. The number of carbonyl (C=O) groups excluding carboxylic acids is 1. The Morgan fingerprint density at radius 1 is 1.33 bits per heavy atom. The molecule has 1 aromatic heterocycles. The molecule has 0 amide bonds. The van der Waals surface area contributed by atoms with E-state index in [1.54, 1.807) is 24.5 Å². The predicted octanol–water partition coefficient (Wildman–Crippen LogP) is 2.78. The third-order valence-corrected chi connectivity index (χ3v) is 2.86. The lowest BCUT2D eigenvalue weighted by molar-refractivity contribution is 0.0603. The van der Waals surface area contributed by atoms with E-state index in [4.69, 9.17) is 4.74 Å². The number of hydrogen-bond donors (Lipinski definition) is 0. The molecule has 1 heterocycles. The lowest BCUT2D eigenvalue weighted by Gasteiger charge is -2.05. The average Bonchev–Trinajstić information content (AvgIpc) is 2.29. The molecule has 0 aliphatic heterocycles. The highest BCUT2D eigenvalue weighted by molar-refractivity contribution is 9.10. The topological polar surface area (TPSA) is 39.2 Å². The van der Waals surface area contributed by atoms with Crippen molar-refractivity contribution in [3.63, 3.8) is 0 Å². The molecular formula is C11H8BrNO2. The molecule has 0 spiro atoms. The van der Waals surface area contributed by atoms with Crippen LogP contribution in [0.15, 0.2) is 35.1 Å². The first-order valence-electron chi connectivity index (χ1n) is 4.34. The zero-order valence-corrected chi connectivity index (χ0v) is 9.61.